The van der Waals surface area contributed by atoms with E-state index in [1.165, 1.54) is 23.9 Å². The van der Waals surface area contributed by atoms with Crippen LogP contribution in [-0.2, 0) is 12.8 Å². The minimum atomic E-state index is -0.196. The first-order chi connectivity index (χ1) is 9.13. The van der Waals surface area contributed by atoms with Gasteiger partial charge in [0.1, 0.15) is 11.6 Å². The molecule has 0 N–H and O–H groups in total. The van der Waals surface area contributed by atoms with Crippen molar-refractivity contribution in [3.8, 4) is 0 Å². The summed E-state index contributed by atoms with van der Waals surface area (Å²) in [5, 5.41) is 0. The van der Waals surface area contributed by atoms with Gasteiger partial charge in [-0.25, -0.2) is 8.78 Å². The number of hydrogen-bond donors (Lipinski definition) is 0. The van der Waals surface area contributed by atoms with Crippen molar-refractivity contribution in [3.05, 3.63) is 59.2 Å². The van der Waals surface area contributed by atoms with Crippen LogP contribution >= 0.6 is 11.8 Å². The van der Waals surface area contributed by atoms with Crippen LogP contribution in [0.3, 0.4) is 0 Å². The van der Waals surface area contributed by atoms with Crippen LogP contribution in [-0.4, -0.2) is 0 Å². The van der Waals surface area contributed by atoms with Crippen molar-refractivity contribution in [2.45, 2.75) is 36.5 Å². The zero-order valence-corrected chi connectivity index (χ0v) is 11.9. The molecule has 100 valence electrons. The molecule has 0 aliphatic heterocycles. The van der Waals surface area contributed by atoms with Gasteiger partial charge in [-0.05, 0) is 48.2 Å². The van der Waals surface area contributed by atoms with E-state index in [0.29, 0.717) is 24.0 Å². The molecule has 0 aromatic heterocycles. The number of rotatable bonds is 4. The highest BCUT2D eigenvalue weighted by molar-refractivity contribution is 7.99. The monoisotopic (exact) mass is 278 g/mol. The summed E-state index contributed by atoms with van der Waals surface area (Å²) in [5.74, 6) is -0.392. The van der Waals surface area contributed by atoms with E-state index in [4.69, 9.17) is 0 Å². The molecule has 0 saturated heterocycles. The Bertz CT molecular complexity index is 527. The van der Waals surface area contributed by atoms with E-state index in [1.54, 1.807) is 12.1 Å². The molecule has 3 heteroatoms. The average molecular weight is 278 g/mol. The van der Waals surface area contributed by atoms with Crippen molar-refractivity contribution in [1.29, 1.82) is 0 Å². The fraction of sp³-hybridized carbons (Fsp3) is 0.250. The normalized spacial score (nSPS) is 10.7. The summed E-state index contributed by atoms with van der Waals surface area (Å²) in [4.78, 5) is 1.58. The lowest BCUT2D eigenvalue weighted by Crippen LogP contribution is -1.89. The molecular formula is C16H16F2S. The molecule has 0 aliphatic rings. The van der Waals surface area contributed by atoms with Crippen LogP contribution in [0.4, 0.5) is 8.78 Å². The molecule has 0 fully saturated rings. The van der Waals surface area contributed by atoms with Crippen LogP contribution in [0.25, 0.3) is 0 Å². The molecule has 2 rings (SSSR count). The van der Waals surface area contributed by atoms with Gasteiger partial charge in [-0.15, -0.1) is 0 Å². The van der Waals surface area contributed by atoms with E-state index < -0.39 is 0 Å². The fourth-order valence-electron chi connectivity index (χ4n) is 1.89. The summed E-state index contributed by atoms with van der Waals surface area (Å²) < 4.78 is 27.3. The second-order valence-corrected chi connectivity index (χ2v) is 5.46. The molecule has 0 amide bonds. The number of aryl methyl sites for hydroxylation is 2. The molecule has 0 bridgehead atoms. The molecule has 0 radical (unpaired) electrons. The van der Waals surface area contributed by atoms with Crippen LogP contribution in [0.5, 0.6) is 0 Å². The Labute approximate surface area is 116 Å². The van der Waals surface area contributed by atoms with Gasteiger partial charge in [0.15, 0.2) is 0 Å². The maximum atomic E-state index is 13.7. The van der Waals surface area contributed by atoms with Crippen LogP contribution in [0, 0.1) is 11.6 Å². The summed E-state index contributed by atoms with van der Waals surface area (Å²) in [7, 11) is 0. The first-order valence-corrected chi connectivity index (χ1v) is 7.20. The van der Waals surface area contributed by atoms with Crippen molar-refractivity contribution in [1.82, 2.24) is 0 Å². The third-order valence-electron chi connectivity index (χ3n) is 3.05. The second-order valence-electron chi connectivity index (χ2n) is 4.32. The predicted octanol–water partition coefficient (Wildman–Crippen LogP) is 5.24. The number of hydrogen-bond acceptors (Lipinski definition) is 1. The number of halogens is 2. The minimum absolute atomic E-state index is 0.196. The summed E-state index contributed by atoms with van der Waals surface area (Å²) >= 11 is 1.37. The molecule has 0 heterocycles. The van der Waals surface area contributed by atoms with E-state index in [-0.39, 0.29) is 11.6 Å². The first-order valence-electron chi connectivity index (χ1n) is 6.38. The van der Waals surface area contributed by atoms with Gasteiger partial charge in [0.25, 0.3) is 0 Å². The zero-order valence-electron chi connectivity index (χ0n) is 11.0. The maximum absolute atomic E-state index is 13.7. The molecule has 0 aliphatic carbocycles. The van der Waals surface area contributed by atoms with Gasteiger partial charge in [0.2, 0.25) is 0 Å². The summed E-state index contributed by atoms with van der Waals surface area (Å²) in [6.45, 7) is 3.84. The van der Waals surface area contributed by atoms with Crippen molar-refractivity contribution in [2.24, 2.45) is 0 Å². The summed E-state index contributed by atoms with van der Waals surface area (Å²) in [6, 6.07) is 10.3. The van der Waals surface area contributed by atoms with Crippen LogP contribution in [0.2, 0.25) is 0 Å². The van der Waals surface area contributed by atoms with Gasteiger partial charge >= 0.3 is 0 Å². The fourth-order valence-corrected chi connectivity index (χ4v) is 2.76. The summed E-state index contributed by atoms with van der Waals surface area (Å²) in [6.07, 6.45) is 1.35. The van der Waals surface area contributed by atoms with Gasteiger partial charge in [0.05, 0.1) is 0 Å². The standard InChI is InChI=1S/C16H16F2S/c1-3-11-5-7-13(9-15(11)17)19-14-8-6-12(4-2)16(18)10-14/h5-10H,3-4H2,1-2H3. The van der Waals surface area contributed by atoms with Gasteiger partial charge in [-0.2, -0.15) is 0 Å². The quantitative estimate of drug-likeness (QED) is 0.737. The van der Waals surface area contributed by atoms with Crippen molar-refractivity contribution in [2.75, 3.05) is 0 Å². The van der Waals surface area contributed by atoms with E-state index in [1.807, 2.05) is 26.0 Å². The van der Waals surface area contributed by atoms with E-state index in [0.717, 1.165) is 9.79 Å². The Morgan fingerprint density at radius 2 is 1.21 bits per heavy atom. The van der Waals surface area contributed by atoms with E-state index in [9.17, 15) is 8.78 Å². The minimum Gasteiger partial charge on any atom is -0.207 e. The largest absolute Gasteiger partial charge is 0.207 e. The lowest BCUT2D eigenvalue weighted by atomic mass is 10.1. The van der Waals surface area contributed by atoms with Gasteiger partial charge in [0, 0.05) is 9.79 Å². The molecule has 19 heavy (non-hydrogen) atoms. The highest BCUT2D eigenvalue weighted by Gasteiger charge is 2.06. The van der Waals surface area contributed by atoms with Gasteiger partial charge in [-0.3, -0.25) is 0 Å². The molecule has 0 saturated carbocycles. The molecule has 0 unspecified atom stereocenters. The lowest BCUT2D eigenvalue weighted by Gasteiger charge is -2.06. The predicted molar refractivity (Wildman–Crippen MR) is 75.7 cm³/mol. The van der Waals surface area contributed by atoms with Crippen LogP contribution < -0.4 is 0 Å². The Kier molecular flexibility index (Phi) is 4.59. The molecule has 0 nitrogen and oxygen atoms in total. The van der Waals surface area contributed by atoms with Crippen molar-refractivity contribution < 1.29 is 8.78 Å². The Balaban J connectivity index is 2.21. The summed E-state index contributed by atoms with van der Waals surface area (Å²) in [5.41, 5.74) is 1.41. The Morgan fingerprint density at radius 1 is 0.789 bits per heavy atom. The Morgan fingerprint density at radius 3 is 1.53 bits per heavy atom. The maximum Gasteiger partial charge on any atom is 0.127 e. The third kappa shape index (κ3) is 3.35. The second kappa shape index (κ2) is 6.20. The molecule has 2 aromatic carbocycles. The molecular weight excluding hydrogens is 262 g/mol. The van der Waals surface area contributed by atoms with Gasteiger partial charge < -0.3 is 0 Å². The molecule has 0 spiro atoms. The van der Waals surface area contributed by atoms with Gasteiger partial charge in [-0.1, -0.05) is 37.7 Å². The highest BCUT2D eigenvalue weighted by Crippen LogP contribution is 2.30. The third-order valence-corrected chi connectivity index (χ3v) is 4.03. The number of benzene rings is 2. The lowest BCUT2D eigenvalue weighted by molar-refractivity contribution is 0.608. The Hall–Kier alpha value is -1.35. The van der Waals surface area contributed by atoms with E-state index >= 15 is 0 Å². The van der Waals surface area contributed by atoms with E-state index in [2.05, 4.69) is 0 Å². The van der Waals surface area contributed by atoms with Crippen LogP contribution in [0.15, 0.2) is 46.2 Å². The van der Waals surface area contributed by atoms with Crippen molar-refractivity contribution in [3.63, 3.8) is 0 Å². The first kappa shape index (κ1) is 14.1. The van der Waals surface area contributed by atoms with Crippen molar-refractivity contribution >= 4 is 11.8 Å². The molecule has 0 atom stereocenters. The SMILES string of the molecule is CCc1ccc(Sc2ccc(CC)c(F)c2)cc1F. The smallest absolute Gasteiger partial charge is 0.127 e. The zero-order chi connectivity index (χ0) is 13.8. The average Bonchev–Trinajstić information content (AvgIpc) is 2.39. The van der Waals surface area contributed by atoms with Crippen LogP contribution in [0.1, 0.15) is 25.0 Å². The molecule has 2 aromatic rings. The highest BCUT2D eigenvalue weighted by atomic mass is 32.2. The topological polar surface area (TPSA) is 0 Å².